The average molecular weight is 187 g/mol. The molecule has 0 saturated heterocycles. The van der Waals surface area contributed by atoms with Crippen molar-refractivity contribution in [3.8, 4) is 0 Å². The Labute approximate surface area is 78.3 Å². The molecule has 13 heavy (non-hydrogen) atoms. The topological polar surface area (TPSA) is 66.7 Å². The highest BCUT2D eigenvalue weighted by atomic mass is 16.4. The number of carboxylic acid groups (broad SMARTS) is 1. The van der Waals surface area contributed by atoms with Crippen molar-refractivity contribution in [3.63, 3.8) is 0 Å². The van der Waals surface area contributed by atoms with Crippen molar-refractivity contribution < 1.29 is 9.90 Å². The minimum Gasteiger partial charge on any atom is -0.480 e. The van der Waals surface area contributed by atoms with Crippen LogP contribution < -0.4 is 0 Å². The Morgan fingerprint density at radius 3 is 2.23 bits per heavy atom. The van der Waals surface area contributed by atoms with E-state index in [4.69, 9.17) is 5.11 Å². The lowest BCUT2D eigenvalue weighted by Crippen LogP contribution is -2.16. The predicted octanol–water partition coefficient (Wildman–Crippen LogP) is 2.42. The van der Waals surface area contributed by atoms with Gasteiger partial charge < -0.3 is 5.11 Å². The third kappa shape index (κ3) is 6.25. The van der Waals surface area contributed by atoms with Crippen molar-refractivity contribution in [2.24, 2.45) is 11.1 Å². The van der Waals surface area contributed by atoms with Crippen LogP contribution in [0.1, 0.15) is 39.5 Å². The lowest BCUT2D eigenvalue weighted by molar-refractivity contribution is -0.138. The van der Waals surface area contributed by atoms with E-state index in [1.54, 1.807) is 0 Å². The quantitative estimate of drug-likeness (QED) is 0.491. The molecule has 0 aromatic carbocycles. The maximum Gasteiger partial charge on any atom is 0.332 e. The first kappa shape index (κ1) is 12.1. The molecule has 4 nitrogen and oxygen atoms in total. The molecule has 1 N–H and O–H groups in total. The maximum atomic E-state index is 10.4. The zero-order chi connectivity index (χ0) is 10.3. The number of hydrogen-bond acceptors (Lipinski definition) is 3. The first-order valence-corrected chi connectivity index (χ1v) is 4.63. The van der Waals surface area contributed by atoms with Gasteiger partial charge in [0.15, 0.2) is 6.04 Å². The van der Waals surface area contributed by atoms with Crippen molar-refractivity contribution in [1.82, 2.24) is 0 Å². The summed E-state index contributed by atoms with van der Waals surface area (Å²) in [7, 11) is 0. The van der Waals surface area contributed by atoms with E-state index in [1.165, 1.54) is 0 Å². The first-order chi connectivity index (χ1) is 6.07. The lowest BCUT2D eigenvalue weighted by atomic mass is 10.0. The normalized spacial score (nSPS) is 12.8. The zero-order valence-corrected chi connectivity index (χ0v) is 8.19. The van der Waals surface area contributed by atoms with Gasteiger partial charge in [-0.25, -0.2) is 4.79 Å². The number of nitroso groups, excluding NO2 is 1. The Bertz CT molecular complexity index is 168. The van der Waals surface area contributed by atoms with Crippen molar-refractivity contribution in [2.45, 2.75) is 45.6 Å². The van der Waals surface area contributed by atoms with Crippen LogP contribution in [0.2, 0.25) is 0 Å². The Balaban J connectivity index is 3.50. The first-order valence-electron chi connectivity index (χ1n) is 4.63. The third-order valence-electron chi connectivity index (χ3n) is 1.92. The van der Waals surface area contributed by atoms with Gasteiger partial charge in [0, 0.05) is 0 Å². The summed E-state index contributed by atoms with van der Waals surface area (Å²) in [6.45, 7) is 4.24. The molecule has 0 amide bonds. The van der Waals surface area contributed by atoms with Gasteiger partial charge in [0.2, 0.25) is 0 Å². The summed E-state index contributed by atoms with van der Waals surface area (Å²) >= 11 is 0. The van der Waals surface area contributed by atoms with Gasteiger partial charge in [-0.2, -0.15) is 0 Å². The van der Waals surface area contributed by atoms with E-state index in [9.17, 15) is 9.70 Å². The fourth-order valence-electron chi connectivity index (χ4n) is 1.11. The van der Waals surface area contributed by atoms with Crippen LogP contribution >= 0.6 is 0 Å². The van der Waals surface area contributed by atoms with Crippen LogP contribution in [0.3, 0.4) is 0 Å². The molecule has 0 fully saturated rings. The summed E-state index contributed by atoms with van der Waals surface area (Å²) in [5.41, 5.74) is 0. The van der Waals surface area contributed by atoms with Gasteiger partial charge in [0.05, 0.1) is 0 Å². The van der Waals surface area contributed by atoms with E-state index >= 15 is 0 Å². The summed E-state index contributed by atoms with van der Waals surface area (Å²) in [6, 6.07) is -1.05. The maximum absolute atomic E-state index is 10.4. The molecule has 0 saturated carbocycles. The molecule has 1 atom stereocenters. The fraction of sp³-hybridized carbons (Fsp3) is 0.889. The molecule has 0 rings (SSSR count). The molecular weight excluding hydrogens is 170 g/mol. The van der Waals surface area contributed by atoms with Gasteiger partial charge in [-0.15, -0.1) is 4.91 Å². The largest absolute Gasteiger partial charge is 0.480 e. The van der Waals surface area contributed by atoms with Crippen LogP contribution in [-0.4, -0.2) is 17.1 Å². The highest BCUT2D eigenvalue weighted by Gasteiger charge is 2.16. The highest BCUT2D eigenvalue weighted by Crippen LogP contribution is 2.11. The van der Waals surface area contributed by atoms with Crippen LogP contribution in [0, 0.1) is 10.8 Å². The molecule has 0 heterocycles. The van der Waals surface area contributed by atoms with E-state index in [0.717, 1.165) is 19.3 Å². The highest BCUT2D eigenvalue weighted by molar-refractivity contribution is 5.73. The Hall–Kier alpha value is -0.930. The molecular formula is C9H17NO3. The molecule has 0 aliphatic heterocycles. The number of unbranched alkanes of at least 4 members (excludes halogenated alkanes) is 1. The molecule has 0 aliphatic carbocycles. The van der Waals surface area contributed by atoms with Crippen molar-refractivity contribution in [2.75, 3.05) is 0 Å². The van der Waals surface area contributed by atoms with Gasteiger partial charge in [-0.05, 0) is 12.3 Å². The number of carboxylic acids is 1. The lowest BCUT2D eigenvalue weighted by Gasteiger charge is -2.05. The number of nitrogens with zero attached hydrogens (tertiary/aromatic N) is 1. The molecule has 0 aromatic heterocycles. The van der Waals surface area contributed by atoms with E-state index in [1.807, 2.05) is 0 Å². The van der Waals surface area contributed by atoms with Crippen molar-refractivity contribution in [3.05, 3.63) is 4.91 Å². The summed E-state index contributed by atoms with van der Waals surface area (Å²) < 4.78 is 0. The standard InChI is InChI=1S/C9H17NO3/c1-7(2)5-3-4-6-8(10-13)9(11)12/h7-8H,3-6H2,1-2H3,(H,11,12). The average Bonchev–Trinajstić information content (AvgIpc) is 2.03. The monoisotopic (exact) mass is 187 g/mol. The molecule has 0 radical (unpaired) electrons. The Kier molecular flexibility index (Phi) is 6.10. The SMILES string of the molecule is CC(C)CCCCC(N=O)C(=O)O. The smallest absolute Gasteiger partial charge is 0.332 e. The molecule has 4 heteroatoms. The molecule has 76 valence electrons. The Morgan fingerprint density at radius 1 is 1.31 bits per heavy atom. The minimum absolute atomic E-state index is 0.367. The third-order valence-corrected chi connectivity index (χ3v) is 1.92. The van der Waals surface area contributed by atoms with Crippen LogP contribution in [0.5, 0.6) is 0 Å². The predicted molar refractivity (Wildman–Crippen MR) is 50.5 cm³/mol. The van der Waals surface area contributed by atoms with Gasteiger partial charge >= 0.3 is 5.97 Å². The van der Waals surface area contributed by atoms with E-state index in [-0.39, 0.29) is 0 Å². The number of carbonyl (C=O) groups is 1. The Morgan fingerprint density at radius 2 is 1.85 bits per heavy atom. The van der Waals surface area contributed by atoms with Crippen LogP contribution in [-0.2, 0) is 4.79 Å². The minimum atomic E-state index is -1.11. The zero-order valence-electron chi connectivity index (χ0n) is 8.19. The van der Waals surface area contributed by atoms with Crippen LogP contribution in [0.15, 0.2) is 5.18 Å². The molecule has 0 spiro atoms. The fourth-order valence-corrected chi connectivity index (χ4v) is 1.11. The van der Waals surface area contributed by atoms with Crippen molar-refractivity contribution >= 4 is 5.97 Å². The second-order valence-corrected chi connectivity index (χ2v) is 3.64. The number of hydrogen-bond donors (Lipinski definition) is 1. The summed E-state index contributed by atoms with van der Waals surface area (Å²) in [5.74, 6) is -0.480. The van der Waals surface area contributed by atoms with Crippen LogP contribution in [0.4, 0.5) is 0 Å². The van der Waals surface area contributed by atoms with Gasteiger partial charge in [0.1, 0.15) is 0 Å². The van der Waals surface area contributed by atoms with E-state index in [0.29, 0.717) is 12.3 Å². The molecule has 0 aromatic rings. The summed E-state index contributed by atoms with van der Waals surface area (Å²) in [5, 5.41) is 11.0. The van der Waals surface area contributed by atoms with Gasteiger partial charge in [0.25, 0.3) is 0 Å². The molecule has 1 unspecified atom stereocenters. The second kappa shape index (κ2) is 6.57. The van der Waals surface area contributed by atoms with Crippen LogP contribution in [0.25, 0.3) is 0 Å². The van der Waals surface area contributed by atoms with E-state index < -0.39 is 12.0 Å². The molecule has 0 aliphatic rings. The second-order valence-electron chi connectivity index (χ2n) is 3.64. The molecule has 0 bridgehead atoms. The van der Waals surface area contributed by atoms with E-state index in [2.05, 4.69) is 19.0 Å². The van der Waals surface area contributed by atoms with Crippen molar-refractivity contribution in [1.29, 1.82) is 0 Å². The summed E-state index contributed by atoms with van der Waals surface area (Å²) in [6.07, 6.45) is 3.18. The van der Waals surface area contributed by atoms with Gasteiger partial charge in [-0.1, -0.05) is 38.3 Å². The number of aliphatic carboxylic acids is 1. The van der Waals surface area contributed by atoms with Gasteiger partial charge in [-0.3, -0.25) is 0 Å². The number of rotatable bonds is 7. The summed E-state index contributed by atoms with van der Waals surface area (Å²) in [4.78, 5) is 20.4.